The minimum Gasteiger partial charge on any atom is -0.349 e. The number of hydrogen-bond donors (Lipinski definition) is 1. The topological polar surface area (TPSA) is 93.3 Å². The quantitative estimate of drug-likeness (QED) is 0.473. The molecule has 29 heavy (non-hydrogen) atoms. The van der Waals surface area contributed by atoms with Gasteiger partial charge in [-0.3, -0.25) is 14.9 Å². The first-order valence-corrected chi connectivity index (χ1v) is 9.26. The van der Waals surface area contributed by atoms with E-state index in [1.165, 1.54) is 16.8 Å². The fourth-order valence-corrected chi connectivity index (χ4v) is 2.83. The van der Waals surface area contributed by atoms with Crippen LogP contribution in [0.4, 0.5) is 5.69 Å². The molecule has 1 amide bonds. The van der Waals surface area contributed by atoms with Gasteiger partial charge in [-0.2, -0.15) is 5.10 Å². The number of halogens is 1. The lowest BCUT2D eigenvalue weighted by atomic mass is 10.1. The van der Waals surface area contributed by atoms with Crippen molar-refractivity contribution >= 4 is 23.2 Å². The number of nitro groups is 1. The van der Waals surface area contributed by atoms with Crippen LogP contribution in [-0.4, -0.2) is 52.7 Å². The SMILES string of the molecule is CN(C)CCNC(=O)c1cc(-c2ccc([N+](=O)[O-])cc2)nn1-c1ccc(Cl)cc1. The van der Waals surface area contributed by atoms with Crippen LogP contribution >= 0.6 is 11.6 Å². The number of amides is 1. The zero-order valence-electron chi connectivity index (χ0n) is 16.0. The smallest absolute Gasteiger partial charge is 0.270 e. The molecule has 0 unspecified atom stereocenters. The van der Waals surface area contributed by atoms with E-state index in [0.717, 1.165) is 0 Å². The molecule has 0 aliphatic carbocycles. The van der Waals surface area contributed by atoms with Crippen molar-refractivity contribution in [3.05, 3.63) is 75.4 Å². The lowest BCUT2D eigenvalue weighted by molar-refractivity contribution is -0.384. The molecule has 3 aromatic rings. The molecule has 9 heteroatoms. The maximum atomic E-state index is 12.8. The van der Waals surface area contributed by atoms with Gasteiger partial charge in [0.15, 0.2) is 0 Å². The zero-order chi connectivity index (χ0) is 21.0. The second kappa shape index (κ2) is 8.85. The fraction of sp³-hybridized carbons (Fsp3) is 0.200. The van der Waals surface area contributed by atoms with E-state index in [4.69, 9.17) is 11.6 Å². The normalized spacial score (nSPS) is 10.9. The first-order chi connectivity index (χ1) is 13.8. The van der Waals surface area contributed by atoms with Crippen LogP contribution < -0.4 is 5.32 Å². The van der Waals surface area contributed by atoms with Crippen molar-refractivity contribution < 1.29 is 9.72 Å². The third-order valence-electron chi connectivity index (χ3n) is 4.23. The van der Waals surface area contributed by atoms with Crippen LogP contribution in [0.15, 0.2) is 54.6 Å². The highest BCUT2D eigenvalue weighted by atomic mass is 35.5. The zero-order valence-corrected chi connectivity index (χ0v) is 16.8. The Morgan fingerprint density at radius 1 is 1.17 bits per heavy atom. The third-order valence-corrected chi connectivity index (χ3v) is 4.48. The van der Waals surface area contributed by atoms with E-state index in [0.29, 0.717) is 40.8 Å². The summed E-state index contributed by atoms with van der Waals surface area (Å²) in [5, 5.41) is 18.9. The van der Waals surface area contributed by atoms with E-state index in [9.17, 15) is 14.9 Å². The van der Waals surface area contributed by atoms with Gasteiger partial charge in [0.2, 0.25) is 0 Å². The van der Waals surface area contributed by atoms with Crippen LogP contribution in [-0.2, 0) is 0 Å². The van der Waals surface area contributed by atoms with Crippen molar-refractivity contribution in [2.75, 3.05) is 27.2 Å². The molecule has 8 nitrogen and oxygen atoms in total. The molecule has 0 radical (unpaired) electrons. The standard InChI is InChI=1S/C20H20ClN5O3/c1-24(2)12-11-22-20(27)19-13-18(14-3-7-17(8-4-14)26(28)29)23-25(19)16-9-5-15(21)6-10-16/h3-10,13H,11-12H2,1-2H3,(H,22,27). The molecule has 2 aromatic carbocycles. The van der Waals surface area contributed by atoms with Crippen molar-refractivity contribution in [3.8, 4) is 16.9 Å². The van der Waals surface area contributed by atoms with Gasteiger partial charge in [0.05, 0.1) is 16.3 Å². The monoisotopic (exact) mass is 413 g/mol. The molecule has 150 valence electrons. The average molecular weight is 414 g/mol. The Balaban J connectivity index is 1.97. The molecule has 0 bridgehead atoms. The van der Waals surface area contributed by atoms with E-state index in [2.05, 4.69) is 10.4 Å². The van der Waals surface area contributed by atoms with Gasteiger partial charge < -0.3 is 10.2 Å². The Kier molecular flexibility index (Phi) is 6.26. The van der Waals surface area contributed by atoms with Crippen LogP contribution in [0.1, 0.15) is 10.5 Å². The summed E-state index contributed by atoms with van der Waals surface area (Å²) in [5.41, 5.74) is 2.24. The van der Waals surface area contributed by atoms with Gasteiger partial charge in [-0.15, -0.1) is 0 Å². The lowest BCUT2D eigenvalue weighted by Crippen LogP contribution is -2.32. The number of carbonyl (C=O) groups excluding carboxylic acids is 1. The Labute approximate surface area is 172 Å². The molecular formula is C20H20ClN5O3. The Hall–Kier alpha value is -3.23. The summed E-state index contributed by atoms with van der Waals surface area (Å²) >= 11 is 5.97. The minimum absolute atomic E-state index is 0.00691. The number of likely N-dealkylation sites (N-methyl/N-ethyl adjacent to an activating group) is 1. The average Bonchev–Trinajstić information content (AvgIpc) is 3.14. The maximum Gasteiger partial charge on any atom is 0.270 e. The van der Waals surface area contributed by atoms with Crippen LogP contribution in [0.5, 0.6) is 0 Å². The van der Waals surface area contributed by atoms with Crippen LogP contribution in [0.25, 0.3) is 16.9 Å². The van der Waals surface area contributed by atoms with Gasteiger partial charge in [-0.05, 0) is 56.6 Å². The van der Waals surface area contributed by atoms with E-state index in [1.54, 1.807) is 42.5 Å². The van der Waals surface area contributed by atoms with Gasteiger partial charge in [0, 0.05) is 35.8 Å². The molecule has 1 N–H and O–H groups in total. The van der Waals surface area contributed by atoms with Crippen molar-refractivity contribution in [1.29, 1.82) is 0 Å². The summed E-state index contributed by atoms with van der Waals surface area (Å²) in [6.45, 7) is 1.19. The molecular weight excluding hydrogens is 394 g/mol. The van der Waals surface area contributed by atoms with Crippen LogP contribution in [0, 0.1) is 10.1 Å². The van der Waals surface area contributed by atoms with Gasteiger partial charge in [0.1, 0.15) is 5.69 Å². The molecule has 3 rings (SSSR count). The Morgan fingerprint density at radius 2 is 1.83 bits per heavy atom. The summed E-state index contributed by atoms with van der Waals surface area (Å²) in [4.78, 5) is 25.2. The van der Waals surface area contributed by atoms with E-state index in [1.807, 2.05) is 19.0 Å². The molecule has 0 aliphatic heterocycles. The summed E-state index contributed by atoms with van der Waals surface area (Å²) < 4.78 is 1.54. The fourth-order valence-electron chi connectivity index (χ4n) is 2.70. The number of nitrogens with one attached hydrogen (secondary N) is 1. The maximum absolute atomic E-state index is 12.8. The van der Waals surface area contributed by atoms with E-state index < -0.39 is 4.92 Å². The number of rotatable bonds is 7. The molecule has 0 atom stereocenters. The molecule has 1 heterocycles. The molecule has 0 saturated heterocycles. The lowest BCUT2D eigenvalue weighted by Gasteiger charge is -2.11. The highest BCUT2D eigenvalue weighted by Gasteiger charge is 2.18. The largest absolute Gasteiger partial charge is 0.349 e. The van der Waals surface area contributed by atoms with Gasteiger partial charge in [0.25, 0.3) is 11.6 Å². The minimum atomic E-state index is -0.459. The van der Waals surface area contributed by atoms with Gasteiger partial charge in [-0.1, -0.05) is 11.6 Å². The summed E-state index contributed by atoms with van der Waals surface area (Å²) in [7, 11) is 3.85. The first-order valence-electron chi connectivity index (χ1n) is 8.89. The number of aromatic nitrogens is 2. The van der Waals surface area contributed by atoms with Gasteiger partial charge >= 0.3 is 0 Å². The third kappa shape index (κ3) is 4.98. The van der Waals surface area contributed by atoms with Crippen LogP contribution in [0.3, 0.4) is 0 Å². The van der Waals surface area contributed by atoms with Crippen molar-refractivity contribution in [3.63, 3.8) is 0 Å². The molecule has 0 saturated carbocycles. The van der Waals surface area contributed by atoms with E-state index >= 15 is 0 Å². The second-order valence-electron chi connectivity index (χ2n) is 6.67. The Morgan fingerprint density at radius 3 is 2.41 bits per heavy atom. The van der Waals surface area contributed by atoms with Gasteiger partial charge in [-0.25, -0.2) is 4.68 Å². The number of hydrogen-bond acceptors (Lipinski definition) is 5. The Bertz CT molecular complexity index is 1010. The second-order valence-corrected chi connectivity index (χ2v) is 7.10. The summed E-state index contributed by atoms with van der Waals surface area (Å²) in [6.07, 6.45) is 0. The number of carbonyl (C=O) groups is 1. The number of nitrogens with zero attached hydrogens (tertiary/aromatic N) is 4. The number of nitro benzene ring substituents is 1. The highest BCUT2D eigenvalue weighted by Crippen LogP contribution is 2.24. The van der Waals surface area contributed by atoms with Crippen LogP contribution in [0.2, 0.25) is 5.02 Å². The molecule has 0 fully saturated rings. The first kappa shape index (κ1) is 20.5. The molecule has 0 aliphatic rings. The summed E-state index contributed by atoms with van der Waals surface area (Å²) in [6, 6.07) is 14.7. The molecule has 0 spiro atoms. The number of non-ortho nitro benzene ring substituents is 1. The molecule has 1 aromatic heterocycles. The van der Waals surface area contributed by atoms with Crippen molar-refractivity contribution in [1.82, 2.24) is 20.0 Å². The highest BCUT2D eigenvalue weighted by molar-refractivity contribution is 6.30. The number of benzene rings is 2. The van der Waals surface area contributed by atoms with E-state index in [-0.39, 0.29) is 11.6 Å². The predicted molar refractivity (Wildman–Crippen MR) is 112 cm³/mol. The van der Waals surface area contributed by atoms with Crippen molar-refractivity contribution in [2.45, 2.75) is 0 Å². The summed E-state index contributed by atoms with van der Waals surface area (Å²) in [5.74, 6) is -0.262. The van der Waals surface area contributed by atoms with Crippen molar-refractivity contribution in [2.24, 2.45) is 0 Å². The predicted octanol–water partition coefficient (Wildman–Crippen LogP) is 3.39.